The third-order valence-electron chi connectivity index (χ3n) is 2.85. The summed E-state index contributed by atoms with van der Waals surface area (Å²) in [5.74, 6) is 0. The number of amides is 1. The average Bonchev–Trinajstić information content (AvgIpc) is 2.66. The number of carbonyl (C=O) groups is 1. The molecule has 0 bridgehead atoms. The molecule has 4 heteroatoms. The van der Waals surface area contributed by atoms with Crippen LogP contribution in [0.4, 0.5) is 4.79 Å². The third kappa shape index (κ3) is 2.97. The molecule has 1 atom stereocenters. The maximum atomic E-state index is 10.5. The van der Waals surface area contributed by atoms with Crippen molar-refractivity contribution < 1.29 is 9.90 Å². The molecule has 1 fully saturated rings. The molecular formula is C12H16N2O2. The normalized spacial score (nSPS) is 20.9. The number of rotatable bonds is 3. The van der Waals surface area contributed by atoms with Gasteiger partial charge in [0.15, 0.2) is 0 Å². The smallest absolute Gasteiger partial charge is 0.404 e. The zero-order chi connectivity index (χ0) is 11.4. The van der Waals surface area contributed by atoms with Crippen molar-refractivity contribution >= 4 is 6.09 Å². The van der Waals surface area contributed by atoms with E-state index in [1.54, 1.807) is 0 Å². The van der Waals surface area contributed by atoms with Crippen LogP contribution in [0.25, 0.3) is 0 Å². The monoisotopic (exact) mass is 220 g/mol. The minimum Gasteiger partial charge on any atom is -0.465 e. The largest absolute Gasteiger partial charge is 0.465 e. The van der Waals surface area contributed by atoms with Crippen LogP contribution in [0.3, 0.4) is 0 Å². The number of hydrogen-bond donors (Lipinski definition) is 2. The SMILES string of the molecule is O=C(O)NC1CCN(Cc2ccccc2)C1. The second-order valence-corrected chi connectivity index (χ2v) is 4.16. The van der Waals surface area contributed by atoms with Gasteiger partial charge in [-0.25, -0.2) is 4.79 Å². The molecule has 0 aliphatic carbocycles. The van der Waals surface area contributed by atoms with Gasteiger partial charge in [-0.1, -0.05) is 30.3 Å². The van der Waals surface area contributed by atoms with Gasteiger partial charge < -0.3 is 10.4 Å². The number of hydrogen-bond acceptors (Lipinski definition) is 2. The van der Waals surface area contributed by atoms with Crippen molar-refractivity contribution in [3.63, 3.8) is 0 Å². The molecular weight excluding hydrogens is 204 g/mol. The van der Waals surface area contributed by atoms with Crippen LogP contribution in [0.1, 0.15) is 12.0 Å². The zero-order valence-electron chi connectivity index (χ0n) is 9.10. The Labute approximate surface area is 94.9 Å². The quantitative estimate of drug-likeness (QED) is 0.812. The lowest BCUT2D eigenvalue weighted by atomic mass is 10.2. The van der Waals surface area contributed by atoms with Crippen LogP contribution in [0.5, 0.6) is 0 Å². The second kappa shape index (κ2) is 4.99. The van der Waals surface area contributed by atoms with Gasteiger partial charge in [0, 0.05) is 25.7 Å². The Morgan fingerprint density at radius 3 is 2.88 bits per heavy atom. The van der Waals surface area contributed by atoms with Crippen molar-refractivity contribution in [2.75, 3.05) is 13.1 Å². The number of nitrogens with zero attached hydrogens (tertiary/aromatic N) is 1. The number of likely N-dealkylation sites (tertiary alicyclic amines) is 1. The molecule has 1 amide bonds. The van der Waals surface area contributed by atoms with E-state index in [2.05, 4.69) is 22.3 Å². The van der Waals surface area contributed by atoms with E-state index in [0.29, 0.717) is 0 Å². The van der Waals surface area contributed by atoms with E-state index in [9.17, 15) is 4.79 Å². The van der Waals surface area contributed by atoms with Crippen LogP contribution in [0.2, 0.25) is 0 Å². The second-order valence-electron chi connectivity index (χ2n) is 4.16. The molecule has 1 saturated heterocycles. The summed E-state index contributed by atoms with van der Waals surface area (Å²) in [6, 6.07) is 10.3. The van der Waals surface area contributed by atoms with E-state index in [4.69, 9.17) is 5.11 Å². The minimum atomic E-state index is -0.924. The lowest BCUT2D eigenvalue weighted by Gasteiger charge is -2.15. The molecule has 0 spiro atoms. The molecule has 1 heterocycles. The van der Waals surface area contributed by atoms with E-state index in [1.807, 2.05) is 18.2 Å². The van der Waals surface area contributed by atoms with Crippen molar-refractivity contribution in [1.29, 1.82) is 0 Å². The van der Waals surface area contributed by atoms with Crippen LogP contribution < -0.4 is 5.32 Å². The highest BCUT2D eigenvalue weighted by Crippen LogP contribution is 2.13. The maximum Gasteiger partial charge on any atom is 0.404 e. The third-order valence-corrected chi connectivity index (χ3v) is 2.85. The highest BCUT2D eigenvalue weighted by Gasteiger charge is 2.23. The number of carboxylic acid groups (broad SMARTS) is 1. The average molecular weight is 220 g/mol. The molecule has 1 aromatic carbocycles. The molecule has 1 unspecified atom stereocenters. The summed E-state index contributed by atoms with van der Waals surface area (Å²) in [6.45, 7) is 2.67. The van der Waals surface area contributed by atoms with Crippen LogP contribution in [-0.2, 0) is 6.54 Å². The fourth-order valence-corrected chi connectivity index (χ4v) is 2.11. The lowest BCUT2D eigenvalue weighted by Crippen LogP contribution is -2.35. The van der Waals surface area contributed by atoms with Gasteiger partial charge in [0.1, 0.15) is 0 Å². The summed E-state index contributed by atoms with van der Waals surface area (Å²) in [5.41, 5.74) is 1.28. The highest BCUT2D eigenvalue weighted by molar-refractivity contribution is 5.64. The van der Waals surface area contributed by atoms with Gasteiger partial charge in [0.05, 0.1) is 0 Å². The molecule has 2 rings (SSSR count). The fraction of sp³-hybridized carbons (Fsp3) is 0.417. The predicted molar refractivity (Wildman–Crippen MR) is 61.3 cm³/mol. The molecule has 0 saturated carbocycles. The van der Waals surface area contributed by atoms with E-state index in [-0.39, 0.29) is 6.04 Å². The van der Waals surface area contributed by atoms with E-state index in [1.165, 1.54) is 5.56 Å². The summed E-state index contributed by atoms with van der Waals surface area (Å²) < 4.78 is 0. The summed E-state index contributed by atoms with van der Waals surface area (Å²) >= 11 is 0. The molecule has 1 aliphatic rings. The van der Waals surface area contributed by atoms with Gasteiger partial charge in [-0.2, -0.15) is 0 Å². The highest BCUT2D eigenvalue weighted by atomic mass is 16.4. The molecule has 86 valence electrons. The maximum absolute atomic E-state index is 10.5. The Kier molecular flexibility index (Phi) is 3.41. The molecule has 0 aromatic heterocycles. The summed E-state index contributed by atoms with van der Waals surface area (Å²) in [6.07, 6.45) is -0.0226. The molecule has 1 aliphatic heterocycles. The first-order valence-electron chi connectivity index (χ1n) is 5.50. The van der Waals surface area contributed by atoms with Crippen molar-refractivity contribution in [3.8, 4) is 0 Å². The van der Waals surface area contributed by atoms with Crippen molar-refractivity contribution in [1.82, 2.24) is 10.2 Å². The number of benzene rings is 1. The molecule has 4 nitrogen and oxygen atoms in total. The molecule has 16 heavy (non-hydrogen) atoms. The van der Waals surface area contributed by atoms with Gasteiger partial charge in [-0.15, -0.1) is 0 Å². The van der Waals surface area contributed by atoms with Crippen LogP contribution in [-0.4, -0.2) is 35.2 Å². The Balaban J connectivity index is 1.83. The first-order chi connectivity index (χ1) is 7.74. The zero-order valence-corrected chi connectivity index (χ0v) is 9.10. The van der Waals surface area contributed by atoms with Gasteiger partial charge in [-0.3, -0.25) is 4.90 Å². The van der Waals surface area contributed by atoms with Crippen molar-refractivity contribution in [2.45, 2.75) is 19.0 Å². The Morgan fingerprint density at radius 1 is 1.44 bits per heavy atom. The first-order valence-corrected chi connectivity index (χ1v) is 5.50. The van der Waals surface area contributed by atoms with Crippen LogP contribution in [0, 0.1) is 0 Å². The molecule has 2 N–H and O–H groups in total. The van der Waals surface area contributed by atoms with Gasteiger partial charge in [-0.05, 0) is 12.0 Å². The van der Waals surface area contributed by atoms with Gasteiger partial charge in [0.2, 0.25) is 0 Å². The van der Waals surface area contributed by atoms with Crippen LogP contribution in [0.15, 0.2) is 30.3 Å². The van der Waals surface area contributed by atoms with Gasteiger partial charge >= 0.3 is 6.09 Å². The van der Waals surface area contributed by atoms with Crippen LogP contribution >= 0.6 is 0 Å². The molecule has 0 radical (unpaired) electrons. The van der Waals surface area contributed by atoms with E-state index < -0.39 is 6.09 Å². The molecule has 1 aromatic rings. The predicted octanol–water partition coefficient (Wildman–Crippen LogP) is 1.53. The fourth-order valence-electron chi connectivity index (χ4n) is 2.11. The Bertz CT molecular complexity index is 353. The van der Waals surface area contributed by atoms with E-state index in [0.717, 1.165) is 26.1 Å². The van der Waals surface area contributed by atoms with Gasteiger partial charge in [0.25, 0.3) is 0 Å². The number of nitrogens with one attached hydrogen (secondary N) is 1. The standard InChI is InChI=1S/C12H16N2O2/c15-12(16)13-11-6-7-14(9-11)8-10-4-2-1-3-5-10/h1-5,11,13H,6-9H2,(H,15,16). The summed E-state index contributed by atoms with van der Waals surface area (Å²) in [5, 5.41) is 11.2. The Morgan fingerprint density at radius 2 is 2.19 bits per heavy atom. The summed E-state index contributed by atoms with van der Waals surface area (Å²) in [7, 11) is 0. The lowest BCUT2D eigenvalue weighted by molar-refractivity contribution is 0.189. The van der Waals surface area contributed by atoms with Crippen molar-refractivity contribution in [3.05, 3.63) is 35.9 Å². The Hall–Kier alpha value is -1.55. The van der Waals surface area contributed by atoms with E-state index >= 15 is 0 Å². The minimum absolute atomic E-state index is 0.0845. The summed E-state index contributed by atoms with van der Waals surface area (Å²) in [4.78, 5) is 12.8. The van der Waals surface area contributed by atoms with Crippen molar-refractivity contribution in [2.24, 2.45) is 0 Å². The topological polar surface area (TPSA) is 52.6 Å². The first kappa shape index (κ1) is 11.0.